The van der Waals surface area contributed by atoms with E-state index in [9.17, 15) is 29.7 Å². The molecule has 136 valence electrons. The van der Waals surface area contributed by atoms with Crippen LogP contribution in [0.1, 0.15) is 59.0 Å². The van der Waals surface area contributed by atoms with Crippen molar-refractivity contribution in [3.05, 3.63) is 58.7 Å². The molecule has 3 N–H and O–H groups in total. The minimum Gasteiger partial charge on any atom is -0.507 e. The van der Waals surface area contributed by atoms with Gasteiger partial charge in [0.25, 0.3) is 0 Å². The zero-order valence-electron chi connectivity index (χ0n) is 14.7. The lowest BCUT2D eigenvalue weighted by atomic mass is 9.72. The second-order valence-corrected chi connectivity index (χ2v) is 6.48. The molecule has 6 heteroatoms. The van der Waals surface area contributed by atoms with Crippen molar-refractivity contribution in [3.63, 3.8) is 0 Å². The number of rotatable bonds is 6. The molecule has 0 saturated heterocycles. The van der Waals surface area contributed by atoms with Gasteiger partial charge in [0.15, 0.2) is 11.6 Å². The smallest absolute Gasteiger partial charge is 0.304 e. The average Bonchev–Trinajstić information content (AvgIpc) is 2.54. The molecule has 6 nitrogen and oxygen atoms in total. The van der Waals surface area contributed by atoms with Gasteiger partial charge in [-0.1, -0.05) is 19.1 Å². The Balaban J connectivity index is 2.72. The Hall–Kier alpha value is -3.15. The molecule has 0 saturated carbocycles. The van der Waals surface area contributed by atoms with Gasteiger partial charge in [-0.25, -0.2) is 0 Å². The zero-order valence-corrected chi connectivity index (χ0v) is 14.7. The summed E-state index contributed by atoms with van der Waals surface area (Å²) >= 11 is 0. The molecule has 2 rings (SSSR count). The first-order valence-corrected chi connectivity index (χ1v) is 7.97. The maximum absolute atomic E-state index is 11.7. The molecule has 26 heavy (non-hydrogen) atoms. The van der Waals surface area contributed by atoms with E-state index in [2.05, 4.69) is 0 Å². The normalized spacial score (nSPS) is 11.2. The molecule has 0 radical (unpaired) electrons. The Morgan fingerprint density at radius 3 is 1.54 bits per heavy atom. The topological polar surface area (TPSA) is 112 Å². The minimum absolute atomic E-state index is 0.0877. The highest BCUT2D eigenvalue weighted by molar-refractivity contribution is 5.97. The quantitative estimate of drug-likeness (QED) is 0.685. The largest absolute Gasteiger partial charge is 0.507 e. The number of aliphatic carboxylic acids is 1. The lowest BCUT2D eigenvalue weighted by Gasteiger charge is -2.30. The van der Waals surface area contributed by atoms with Gasteiger partial charge < -0.3 is 15.3 Å². The third kappa shape index (κ3) is 3.59. The maximum Gasteiger partial charge on any atom is 0.304 e. The first-order chi connectivity index (χ1) is 12.1. The molecule has 2 aromatic rings. The van der Waals surface area contributed by atoms with Gasteiger partial charge in [0.2, 0.25) is 0 Å². The molecule has 2 aromatic carbocycles. The van der Waals surface area contributed by atoms with E-state index in [1.165, 1.54) is 38.1 Å². The Morgan fingerprint density at radius 2 is 1.23 bits per heavy atom. The Labute approximate surface area is 150 Å². The summed E-state index contributed by atoms with van der Waals surface area (Å²) in [5.41, 5.74) is 0.0994. The molecule has 0 aliphatic heterocycles. The van der Waals surface area contributed by atoms with Crippen LogP contribution in [0.3, 0.4) is 0 Å². The van der Waals surface area contributed by atoms with Crippen LogP contribution in [-0.4, -0.2) is 32.9 Å². The number of phenols is 2. The second-order valence-electron chi connectivity index (χ2n) is 6.48. The predicted molar refractivity (Wildman–Crippen MR) is 94.9 cm³/mol. The number of phenolic OH excluding ortho intramolecular Hbond substituents is 2. The molecule has 0 aliphatic rings. The number of benzene rings is 2. The summed E-state index contributed by atoms with van der Waals surface area (Å²) in [6.07, 6.45) is -0.308. The summed E-state index contributed by atoms with van der Waals surface area (Å²) < 4.78 is 0. The van der Waals surface area contributed by atoms with E-state index in [0.29, 0.717) is 11.1 Å². The van der Waals surface area contributed by atoms with Crippen LogP contribution in [0, 0.1) is 0 Å². The van der Waals surface area contributed by atoms with E-state index in [4.69, 9.17) is 0 Å². The fourth-order valence-electron chi connectivity index (χ4n) is 3.00. The van der Waals surface area contributed by atoms with E-state index >= 15 is 0 Å². The monoisotopic (exact) mass is 356 g/mol. The van der Waals surface area contributed by atoms with Crippen LogP contribution < -0.4 is 0 Å². The first-order valence-electron chi connectivity index (χ1n) is 7.97. The van der Waals surface area contributed by atoms with Crippen molar-refractivity contribution < 1.29 is 29.7 Å². The molecule has 0 unspecified atom stereocenters. The molecule has 0 heterocycles. The van der Waals surface area contributed by atoms with Crippen molar-refractivity contribution >= 4 is 17.5 Å². The number of Topliss-reactive ketones (excluding diaryl/α,β-unsaturated/α-hetero) is 2. The molecular weight excluding hydrogens is 336 g/mol. The highest BCUT2D eigenvalue weighted by atomic mass is 16.4. The predicted octanol–water partition coefficient (Wildman–Crippen LogP) is 3.28. The highest BCUT2D eigenvalue weighted by Crippen LogP contribution is 2.39. The standard InChI is InChI=1S/C20H20O6/c1-11(21)15-8-13(4-6-17(15)23)20(3,10-19(25)26)14-5-7-18(24)16(9-14)12(2)22/h4-9,23-24H,10H2,1-3H3,(H,25,26). The Bertz CT molecular complexity index is 834. The number of carboxylic acids is 1. The molecule has 0 spiro atoms. The summed E-state index contributed by atoms with van der Waals surface area (Å²) in [5, 5.41) is 29.1. The van der Waals surface area contributed by atoms with Gasteiger partial charge in [-0.3, -0.25) is 14.4 Å². The van der Waals surface area contributed by atoms with Crippen molar-refractivity contribution in [3.8, 4) is 11.5 Å². The summed E-state index contributed by atoms with van der Waals surface area (Å²) in [5.74, 6) is -2.14. The van der Waals surface area contributed by atoms with Crippen molar-refractivity contribution in [1.82, 2.24) is 0 Å². The number of carbonyl (C=O) groups excluding carboxylic acids is 2. The third-order valence-electron chi connectivity index (χ3n) is 4.53. The molecule has 0 aliphatic carbocycles. The fraction of sp³-hybridized carbons (Fsp3) is 0.250. The van der Waals surface area contributed by atoms with Gasteiger partial charge in [0, 0.05) is 5.41 Å². The molecule has 0 bridgehead atoms. The zero-order chi connectivity index (χ0) is 19.6. The summed E-state index contributed by atoms with van der Waals surface area (Å²) in [6, 6.07) is 8.70. The van der Waals surface area contributed by atoms with E-state index in [1.54, 1.807) is 19.1 Å². The van der Waals surface area contributed by atoms with Crippen molar-refractivity contribution in [1.29, 1.82) is 0 Å². The number of hydrogen-bond donors (Lipinski definition) is 3. The van der Waals surface area contributed by atoms with Crippen LogP contribution in [0.25, 0.3) is 0 Å². The Kier molecular flexibility index (Phi) is 5.16. The Morgan fingerprint density at radius 1 is 0.846 bits per heavy atom. The molecule has 0 fully saturated rings. The van der Waals surface area contributed by atoms with E-state index in [0.717, 1.165) is 0 Å². The molecule has 0 atom stereocenters. The van der Waals surface area contributed by atoms with Crippen molar-refractivity contribution in [2.45, 2.75) is 32.6 Å². The molecular formula is C20H20O6. The fourth-order valence-corrected chi connectivity index (χ4v) is 3.00. The van der Waals surface area contributed by atoms with Crippen LogP contribution in [0.4, 0.5) is 0 Å². The second kappa shape index (κ2) is 7.00. The molecule has 0 aromatic heterocycles. The van der Waals surface area contributed by atoms with E-state index in [-0.39, 0.29) is 40.6 Å². The summed E-state index contributed by atoms with van der Waals surface area (Å²) in [4.78, 5) is 35.0. The van der Waals surface area contributed by atoms with Crippen molar-refractivity contribution in [2.75, 3.05) is 0 Å². The SMILES string of the molecule is CC(=O)c1cc(C(C)(CC(=O)O)c2ccc(O)c(C(C)=O)c2)ccc1O. The number of ketones is 2. The van der Waals surface area contributed by atoms with Crippen LogP contribution >= 0.6 is 0 Å². The number of aromatic hydroxyl groups is 2. The lowest BCUT2D eigenvalue weighted by molar-refractivity contribution is -0.138. The number of hydrogen-bond acceptors (Lipinski definition) is 5. The number of carbonyl (C=O) groups is 3. The van der Waals surface area contributed by atoms with Gasteiger partial charge in [-0.15, -0.1) is 0 Å². The lowest BCUT2D eigenvalue weighted by Crippen LogP contribution is -2.28. The summed E-state index contributed by atoms with van der Waals surface area (Å²) in [6.45, 7) is 4.29. The molecule has 0 amide bonds. The van der Waals surface area contributed by atoms with Gasteiger partial charge in [0.1, 0.15) is 11.5 Å². The van der Waals surface area contributed by atoms with Crippen LogP contribution in [0.15, 0.2) is 36.4 Å². The first kappa shape index (κ1) is 19.2. The average molecular weight is 356 g/mol. The van der Waals surface area contributed by atoms with E-state index in [1.807, 2.05) is 0 Å². The summed E-state index contributed by atoms with van der Waals surface area (Å²) in [7, 11) is 0. The van der Waals surface area contributed by atoms with Crippen LogP contribution in [0.5, 0.6) is 11.5 Å². The minimum atomic E-state index is -1.08. The van der Waals surface area contributed by atoms with Gasteiger partial charge in [-0.05, 0) is 49.2 Å². The number of carboxylic acid groups (broad SMARTS) is 1. The van der Waals surface area contributed by atoms with Gasteiger partial charge in [0.05, 0.1) is 17.5 Å². The third-order valence-corrected chi connectivity index (χ3v) is 4.53. The van der Waals surface area contributed by atoms with E-state index < -0.39 is 11.4 Å². The maximum atomic E-state index is 11.7. The van der Waals surface area contributed by atoms with Crippen LogP contribution in [-0.2, 0) is 10.2 Å². The van der Waals surface area contributed by atoms with Crippen molar-refractivity contribution in [2.24, 2.45) is 0 Å². The highest BCUT2D eigenvalue weighted by Gasteiger charge is 2.33. The van der Waals surface area contributed by atoms with Gasteiger partial charge >= 0.3 is 5.97 Å². The van der Waals surface area contributed by atoms with Crippen LogP contribution in [0.2, 0.25) is 0 Å². The van der Waals surface area contributed by atoms with Gasteiger partial charge in [-0.2, -0.15) is 0 Å².